The van der Waals surface area contributed by atoms with E-state index in [9.17, 15) is 14.7 Å². The summed E-state index contributed by atoms with van der Waals surface area (Å²) >= 11 is 7.42. The predicted octanol–water partition coefficient (Wildman–Crippen LogP) is 0.768. The number of benzene rings is 1. The molecule has 1 amide bonds. The van der Waals surface area contributed by atoms with Gasteiger partial charge < -0.3 is 39.3 Å². The first kappa shape index (κ1) is 28.0. The molecule has 172 valence electrons. The highest BCUT2D eigenvalue weighted by Crippen LogP contribution is 2.36. The Hall–Kier alpha value is -1.00. The van der Waals surface area contributed by atoms with Gasteiger partial charge in [-0.15, -0.1) is 11.3 Å². The van der Waals surface area contributed by atoms with Crippen LogP contribution >= 0.6 is 22.9 Å². The molecule has 1 aliphatic heterocycles. The summed E-state index contributed by atoms with van der Waals surface area (Å²) in [4.78, 5) is 26.7. The molecule has 0 aliphatic carbocycles. The standard InChI is InChI=1S/C22H27ClN2O3S.CH4.HI/c1-22(2,28)13-25(3)9-8-17-19(12-25)29-18(20(17)21(24)27)11-16(26)10-14-4-6-15(23)7-5-14;;/h4-7,28H,8-13H2,1-3H3,(H-,24,27);1H4;1H. The Morgan fingerprint density at radius 1 is 1.23 bits per heavy atom. The summed E-state index contributed by atoms with van der Waals surface area (Å²) in [5.74, 6) is -0.419. The van der Waals surface area contributed by atoms with Crippen molar-refractivity contribution < 1.29 is 43.2 Å². The topological polar surface area (TPSA) is 80.4 Å². The highest BCUT2D eigenvalue weighted by Gasteiger charge is 2.37. The number of fused-ring (bicyclic) bond motifs is 1. The number of thiophene rings is 1. The zero-order valence-corrected chi connectivity index (χ0v) is 21.2. The van der Waals surface area contributed by atoms with E-state index in [0.717, 1.165) is 40.4 Å². The third-order valence-corrected chi connectivity index (χ3v) is 6.75. The van der Waals surface area contributed by atoms with Gasteiger partial charge in [0, 0.05) is 29.2 Å². The van der Waals surface area contributed by atoms with Crippen LogP contribution < -0.4 is 29.7 Å². The Bertz CT molecular complexity index is 938. The van der Waals surface area contributed by atoms with Gasteiger partial charge in [-0.25, -0.2) is 0 Å². The molecule has 0 saturated carbocycles. The Morgan fingerprint density at radius 2 is 1.84 bits per heavy atom. The van der Waals surface area contributed by atoms with Gasteiger partial charge in [0.1, 0.15) is 24.5 Å². The van der Waals surface area contributed by atoms with Crippen molar-refractivity contribution in [3.63, 3.8) is 0 Å². The van der Waals surface area contributed by atoms with Crippen LogP contribution in [0.1, 0.15) is 52.5 Å². The molecule has 1 aromatic carbocycles. The van der Waals surface area contributed by atoms with Gasteiger partial charge in [0.25, 0.3) is 0 Å². The van der Waals surface area contributed by atoms with Gasteiger partial charge in [0.2, 0.25) is 5.91 Å². The first-order valence-corrected chi connectivity index (χ1v) is 10.9. The van der Waals surface area contributed by atoms with Crippen LogP contribution in [0.2, 0.25) is 5.02 Å². The van der Waals surface area contributed by atoms with Gasteiger partial charge in [-0.2, -0.15) is 0 Å². The maximum atomic E-state index is 12.7. The molecule has 0 radical (unpaired) electrons. The van der Waals surface area contributed by atoms with Crippen LogP contribution in [0.3, 0.4) is 0 Å². The van der Waals surface area contributed by atoms with E-state index in [1.807, 2.05) is 26.0 Å². The van der Waals surface area contributed by atoms with Crippen molar-refractivity contribution in [2.75, 3.05) is 20.1 Å². The molecule has 0 fully saturated rings. The Kier molecular flexibility index (Phi) is 9.72. The zero-order chi connectivity index (χ0) is 21.4. The van der Waals surface area contributed by atoms with Crippen LogP contribution in [0, 0.1) is 0 Å². The molecule has 8 heteroatoms. The molecule has 1 aromatic heterocycles. The molecule has 0 bridgehead atoms. The van der Waals surface area contributed by atoms with Crippen molar-refractivity contribution in [2.24, 2.45) is 5.73 Å². The minimum atomic E-state index is -0.770. The van der Waals surface area contributed by atoms with E-state index >= 15 is 0 Å². The number of Topliss-reactive ketones (excluding diaryl/α,β-unsaturated/α-hetero) is 1. The first-order chi connectivity index (χ1) is 13.5. The van der Waals surface area contributed by atoms with Crippen molar-refractivity contribution in [1.29, 1.82) is 0 Å². The SMILES string of the molecule is C.CC(C)(O)C[N+]1(C)CCc2c(sc(CC(=O)Cc3ccc(Cl)cc3)c2C(N)=O)C1.[I-]. The van der Waals surface area contributed by atoms with Crippen LogP contribution in [-0.2, 0) is 30.6 Å². The van der Waals surface area contributed by atoms with Gasteiger partial charge in [-0.1, -0.05) is 31.2 Å². The summed E-state index contributed by atoms with van der Waals surface area (Å²) < 4.78 is 0.702. The molecule has 31 heavy (non-hydrogen) atoms. The number of aliphatic hydroxyl groups is 1. The van der Waals surface area contributed by atoms with E-state index in [1.165, 1.54) is 11.3 Å². The smallest absolute Gasteiger partial charge is 0.250 e. The lowest BCUT2D eigenvalue weighted by atomic mass is 9.96. The van der Waals surface area contributed by atoms with Gasteiger partial charge >= 0.3 is 0 Å². The maximum absolute atomic E-state index is 12.7. The number of halogens is 2. The van der Waals surface area contributed by atoms with Crippen LogP contribution in [0.25, 0.3) is 0 Å². The van der Waals surface area contributed by atoms with E-state index in [-0.39, 0.29) is 43.6 Å². The second-order valence-corrected chi connectivity index (χ2v) is 10.5. The lowest BCUT2D eigenvalue weighted by molar-refractivity contribution is -0.929. The highest BCUT2D eigenvalue weighted by molar-refractivity contribution is 7.12. The summed E-state index contributed by atoms with van der Waals surface area (Å²) in [5, 5.41) is 10.9. The Labute approximate surface area is 211 Å². The third kappa shape index (κ3) is 7.25. The average Bonchev–Trinajstić information content (AvgIpc) is 2.91. The van der Waals surface area contributed by atoms with E-state index < -0.39 is 11.5 Å². The molecule has 1 atom stereocenters. The fraction of sp³-hybridized carbons (Fsp3) is 0.478. The molecular weight excluding hydrogens is 547 g/mol. The number of amides is 1. The summed E-state index contributed by atoms with van der Waals surface area (Å²) in [5.41, 5.74) is 7.34. The molecule has 1 aliphatic rings. The number of quaternary nitrogens is 1. The van der Waals surface area contributed by atoms with E-state index in [0.29, 0.717) is 28.0 Å². The maximum Gasteiger partial charge on any atom is 0.250 e. The quantitative estimate of drug-likeness (QED) is 0.376. The van der Waals surface area contributed by atoms with Gasteiger partial charge in [0.15, 0.2) is 0 Å². The summed E-state index contributed by atoms with van der Waals surface area (Å²) in [6, 6.07) is 7.22. The average molecular weight is 579 g/mol. The van der Waals surface area contributed by atoms with Crippen LogP contribution in [0.5, 0.6) is 0 Å². The van der Waals surface area contributed by atoms with Crippen LogP contribution in [0.15, 0.2) is 24.3 Å². The number of nitrogens with two attached hydrogens (primary N) is 1. The number of carbonyl (C=O) groups excluding carboxylic acids is 2. The summed E-state index contributed by atoms with van der Waals surface area (Å²) in [7, 11) is 2.12. The van der Waals surface area contributed by atoms with E-state index in [1.54, 1.807) is 12.1 Å². The minimum Gasteiger partial charge on any atom is -1.00 e. The third-order valence-electron chi connectivity index (χ3n) is 5.28. The molecule has 2 heterocycles. The number of carbonyl (C=O) groups is 2. The molecule has 3 N–H and O–H groups in total. The Morgan fingerprint density at radius 3 is 2.39 bits per heavy atom. The van der Waals surface area contributed by atoms with Crippen molar-refractivity contribution in [3.8, 4) is 0 Å². The van der Waals surface area contributed by atoms with Crippen molar-refractivity contribution in [1.82, 2.24) is 0 Å². The van der Waals surface area contributed by atoms with Crippen LogP contribution in [-0.4, -0.2) is 47.0 Å². The number of nitrogens with zero attached hydrogens (tertiary/aromatic N) is 1. The predicted molar refractivity (Wildman–Crippen MR) is 123 cm³/mol. The molecule has 0 saturated heterocycles. The number of likely N-dealkylation sites (N-methyl/N-ethyl adjacent to an activating group) is 1. The van der Waals surface area contributed by atoms with Crippen LogP contribution in [0.4, 0.5) is 0 Å². The summed E-state index contributed by atoms with van der Waals surface area (Å²) in [6.07, 6.45) is 1.22. The highest BCUT2D eigenvalue weighted by atomic mass is 127. The number of hydrogen-bond donors (Lipinski definition) is 2. The number of rotatable bonds is 7. The molecule has 0 spiro atoms. The number of primary amides is 1. The fourth-order valence-electron chi connectivity index (χ4n) is 4.32. The lowest BCUT2D eigenvalue weighted by Crippen LogP contribution is -3.00. The zero-order valence-electron chi connectivity index (χ0n) is 17.5. The van der Waals surface area contributed by atoms with E-state index in [4.69, 9.17) is 17.3 Å². The fourth-order valence-corrected chi connectivity index (χ4v) is 6.01. The van der Waals surface area contributed by atoms with Gasteiger partial charge in [-0.3, -0.25) is 9.59 Å². The minimum absolute atomic E-state index is 0. The van der Waals surface area contributed by atoms with Crippen molar-refractivity contribution >= 4 is 34.6 Å². The lowest BCUT2D eigenvalue weighted by Gasteiger charge is -2.41. The van der Waals surface area contributed by atoms with Crippen molar-refractivity contribution in [2.45, 2.75) is 52.7 Å². The number of ketones is 1. The first-order valence-electron chi connectivity index (χ1n) is 9.71. The van der Waals surface area contributed by atoms with Crippen molar-refractivity contribution in [3.05, 3.63) is 55.7 Å². The van der Waals surface area contributed by atoms with Gasteiger partial charge in [-0.05, 0) is 37.1 Å². The molecule has 1 unspecified atom stereocenters. The molecule has 5 nitrogen and oxygen atoms in total. The Balaban J connectivity index is 0.00000240. The summed E-state index contributed by atoms with van der Waals surface area (Å²) in [6.45, 7) is 5.81. The molecule has 3 rings (SSSR count). The normalized spacial score (nSPS) is 17.8. The van der Waals surface area contributed by atoms with E-state index in [2.05, 4.69) is 7.05 Å². The molecular formula is C23H32ClIN2O3S. The second kappa shape index (κ2) is 10.7. The largest absolute Gasteiger partial charge is 1.00 e. The van der Waals surface area contributed by atoms with Gasteiger partial charge in [0.05, 0.1) is 24.0 Å². The number of hydrogen-bond acceptors (Lipinski definition) is 4. The monoisotopic (exact) mass is 578 g/mol. The second-order valence-electron chi connectivity index (χ2n) is 8.91. The molecule has 2 aromatic rings.